The zero-order valence-corrected chi connectivity index (χ0v) is 11.6. The molecule has 0 spiro atoms. The highest BCUT2D eigenvalue weighted by atomic mass is 32.2. The third-order valence-electron chi connectivity index (χ3n) is 3.34. The van der Waals surface area contributed by atoms with Gasteiger partial charge in [0, 0.05) is 11.8 Å². The molecule has 0 aliphatic heterocycles. The molecule has 0 aliphatic rings. The molecule has 0 heterocycles. The van der Waals surface area contributed by atoms with Crippen LogP contribution in [0.5, 0.6) is 0 Å². The summed E-state index contributed by atoms with van der Waals surface area (Å²) < 4.78 is 49.4. The van der Waals surface area contributed by atoms with Gasteiger partial charge in [0.2, 0.25) is 0 Å². The lowest BCUT2D eigenvalue weighted by atomic mass is 9.94. The maximum absolute atomic E-state index is 13.9. The van der Waals surface area contributed by atoms with E-state index in [9.17, 15) is 17.2 Å². The Hall–Kier alpha value is -1.01. The fourth-order valence-corrected chi connectivity index (χ4v) is 2.12. The molecule has 1 aromatic carbocycles. The van der Waals surface area contributed by atoms with E-state index < -0.39 is 32.3 Å². The monoisotopic (exact) mass is 277 g/mol. The van der Waals surface area contributed by atoms with Gasteiger partial charge in [0.05, 0.1) is 10.8 Å². The Balaban J connectivity index is 3.45. The van der Waals surface area contributed by atoms with Gasteiger partial charge in [0.1, 0.15) is 11.6 Å². The van der Waals surface area contributed by atoms with E-state index in [1.807, 2.05) is 0 Å². The average molecular weight is 277 g/mol. The minimum absolute atomic E-state index is 0.228. The molecule has 18 heavy (non-hydrogen) atoms. The second-order valence-corrected chi connectivity index (χ2v) is 7.54. The van der Waals surface area contributed by atoms with Crippen LogP contribution < -0.4 is 5.73 Å². The molecule has 0 radical (unpaired) electrons. The molecule has 102 valence electrons. The second-order valence-electron chi connectivity index (χ2n) is 4.95. The van der Waals surface area contributed by atoms with E-state index in [2.05, 4.69) is 0 Å². The molecule has 0 fully saturated rings. The SMILES string of the molecule is Cc1ccc(F)c(C(N)C(C)(C)S(C)(=O)=O)c1F. The normalized spacial score (nSPS) is 14.6. The van der Waals surface area contributed by atoms with E-state index in [1.165, 1.54) is 26.8 Å². The standard InChI is InChI=1S/C12H17F2NO2S/c1-7-5-6-8(13)9(10(7)14)11(15)12(2,3)18(4,16)17/h5-6,11H,15H2,1-4H3. The molecule has 2 N–H and O–H groups in total. The summed E-state index contributed by atoms with van der Waals surface area (Å²) in [6.45, 7) is 4.18. The lowest BCUT2D eigenvalue weighted by Gasteiger charge is -2.30. The van der Waals surface area contributed by atoms with Crippen LogP contribution in [0.4, 0.5) is 8.78 Å². The molecular formula is C12H17F2NO2S. The first-order valence-electron chi connectivity index (χ1n) is 5.40. The highest BCUT2D eigenvalue weighted by Crippen LogP contribution is 2.33. The second kappa shape index (κ2) is 4.59. The molecule has 3 nitrogen and oxygen atoms in total. The number of benzene rings is 1. The van der Waals surface area contributed by atoms with Crippen LogP contribution in [0.1, 0.15) is 31.0 Å². The Morgan fingerprint density at radius 2 is 1.78 bits per heavy atom. The maximum Gasteiger partial charge on any atom is 0.154 e. The van der Waals surface area contributed by atoms with Gasteiger partial charge >= 0.3 is 0 Å². The molecule has 0 aromatic heterocycles. The van der Waals surface area contributed by atoms with E-state index in [1.54, 1.807) is 0 Å². The lowest BCUT2D eigenvalue weighted by Crippen LogP contribution is -2.43. The molecule has 0 amide bonds. The van der Waals surface area contributed by atoms with Crippen molar-refractivity contribution in [2.75, 3.05) is 6.26 Å². The van der Waals surface area contributed by atoms with Crippen molar-refractivity contribution in [1.82, 2.24) is 0 Å². The van der Waals surface area contributed by atoms with Gasteiger partial charge < -0.3 is 5.73 Å². The fourth-order valence-electron chi connectivity index (χ4n) is 1.54. The summed E-state index contributed by atoms with van der Waals surface area (Å²) in [6, 6.07) is 1.10. The van der Waals surface area contributed by atoms with Gasteiger partial charge in [-0.3, -0.25) is 0 Å². The molecule has 1 atom stereocenters. The zero-order chi connectivity index (χ0) is 14.3. The first kappa shape index (κ1) is 15.0. The van der Waals surface area contributed by atoms with E-state index in [-0.39, 0.29) is 11.1 Å². The summed E-state index contributed by atoms with van der Waals surface area (Å²) in [6.07, 6.45) is 0.998. The van der Waals surface area contributed by atoms with Crippen LogP contribution in [0.2, 0.25) is 0 Å². The molecule has 1 rings (SSSR count). The van der Waals surface area contributed by atoms with Crippen molar-refractivity contribution in [3.05, 3.63) is 34.9 Å². The molecule has 0 aliphatic carbocycles. The van der Waals surface area contributed by atoms with Gasteiger partial charge in [0.15, 0.2) is 9.84 Å². The Morgan fingerprint density at radius 3 is 2.22 bits per heavy atom. The van der Waals surface area contributed by atoms with Crippen LogP contribution in [0.15, 0.2) is 12.1 Å². The summed E-state index contributed by atoms with van der Waals surface area (Å²) >= 11 is 0. The molecule has 6 heteroatoms. The quantitative estimate of drug-likeness (QED) is 0.920. The van der Waals surface area contributed by atoms with Crippen LogP contribution in [0.25, 0.3) is 0 Å². The van der Waals surface area contributed by atoms with Crippen molar-refractivity contribution >= 4 is 9.84 Å². The predicted octanol–water partition coefficient (Wildman–Crippen LogP) is 2.10. The largest absolute Gasteiger partial charge is 0.322 e. The number of hydrogen-bond acceptors (Lipinski definition) is 3. The van der Waals surface area contributed by atoms with Crippen LogP contribution in [0, 0.1) is 18.6 Å². The van der Waals surface area contributed by atoms with E-state index in [4.69, 9.17) is 5.73 Å². The smallest absolute Gasteiger partial charge is 0.154 e. The van der Waals surface area contributed by atoms with E-state index in [0.29, 0.717) is 0 Å². The summed E-state index contributed by atoms with van der Waals surface area (Å²) in [5, 5.41) is 0. The van der Waals surface area contributed by atoms with Crippen LogP contribution in [-0.4, -0.2) is 19.4 Å². The Bertz CT molecular complexity index is 568. The number of rotatable bonds is 3. The first-order chi connectivity index (χ1) is 8.00. The molecule has 0 saturated carbocycles. The van der Waals surface area contributed by atoms with Gasteiger partial charge in [-0.2, -0.15) is 0 Å². The predicted molar refractivity (Wildman–Crippen MR) is 66.9 cm³/mol. The molecule has 0 bridgehead atoms. The molecular weight excluding hydrogens is 260 g/mol. The van der Waals surface area contributed by atoms with Crippen LogP contribution in [-0.2, 0) is 9.84 Å². The van der Waals surface area contributed by atoms with Crippen molar-refractivity contribution < 1.29 is 17.2 Å². The molecule has 0 saturated heterocycles. The van der Waals surface area contributed by atoms with Crippen molar-refractivity contribution in [1.29, 1.82) is 0 Å². The van der Waals surface area contributed by atoms with Crippen LogP contribution in [0.3, 0.4) is 0 Å². The summed E-state index contributed by atoms with van der Waals surface area (Å²) in [5.74, 6) is -1.62. The minimum atomic E-state index is -3.55. The number of hydrogen-bond donors (Lipinski definition) is 1. The third kappa shape index (κ3) is 2.40. The first-order valence-corrected chi connectivity index (χ1v) is 7.29. The van der Waals surface area contributed by atoms with Crippen molar-refractivity contribution in [2.45, 2.75) is 31.6 Å². The number of halogens is 2. The average Bonchev–Trinajstić information content (AvgIpc) is 2.22. The molecule has 1 unspecified atom stereocenters. The number of sulfone groups is 1. The van der Waals surface area contributed by atoms with Gasteiger partial charge in [-0.1, -0.05) is 6.07 Å². The summed E-state index contributed by atoms with van der Waals surface area (Å²) in [4.78, 5) is 0. The van der Waals surface area contributed by atoms with Crippen molar-refractivity contribution in [3.63, 3.8) is 0 Å². The number of aryl methyl sites for hydroxylation is 1. The van der Waals surface area contributed by atoms with E-state index in [0.717, 1.165) is 12.3 Å². The fraction of sp³-hybridized carbons (Fsp3) is 0.500. The summed E-state index contributed by atoms with van der Waals surface area (Å²) in [5.41, 5.74) is 5.61. The van der Waals surface area contributed by atoms with Gasteiger partial charge in [0.25, 0.3) is 0 Å². The highest BCUT2D eigenvalue weighted by molar-refractivity contribution is 7.92. The lowest BCUT2D eigenvalue weighted by molar-refractivity contribution is 0.454. The Kier molecular flexibility index (Phi) is 3.83. The zero-order valence-electron chi connectivity index (χ0n) is 10.8. The van der Waals surface area contributed by atoms with Crippen molar-refractivity contribution in [2.24, 2.45) is 5.73 Å². The minimum Gasteiger partial charge on any atom is -0.322 e. The van der Waals surface area contributed by atoms with Gasteiger partial charge in [-0.15, -0.1) is 0 Å². The van der Waals surface area contributed by atoms with E-state index >= 15 is 0 Å². The molecule has 1 aromatic rings. The van der Waals surface area contributed by atoms with Crippen LogP contribution >= 0.6 is 0 Å². The Morgan fingerprint density at radius 1 is 1.28 bits per heavy atom. The summed E-state index contributed by atoms with van der Waals surface area (Å²) in [7, 11) is -3.55. The number of nitrogens with two attached hydrogens (primary N) is 1. The van der Waals surface area contributed by atoms with Gasteiger partial charge in [-0.05, 0) is 32.4 Å². The third-order valence-corrected chi connectivity index (χ3v) is 5.50. The highest BCUT2D eigenvalue weighted by Gasteiger charge is 2.40. The topological polar surface area (TPSA) is 60.2 Å². The van der Waals surface area contributed by atoms with Crippen molar-refractivity contribution in [3.8, 4) is 0 Å². The van der Waals surface area contributed by atoms with Gasteiger partial charge in [-0.25, -0.2) is 17.2 Å². The Labute approximate surface area is 106 Å². The maximum atomic E-state index is 13.9.